The summed E-state index contributed by atoms with van der Waals surface area (Å²) in [5.41, 5.74) is 8.33. The quantitative estimate of drug-likeness (QED) is 0.829. The average Bonchev–Trinajstić information content (AvgIpc) is 2.21. The monoisotopic (exact) mass is 221 g/mol. The van der Waals surface area contributed by atoms with Gasteiger partial charge in [0.2, 0.25) is 0 Å². The Morgan fingerprint density at radius 1 is 1.31 bits per heavy atom. The van der Waals surface area contributed by atoms with Gasteiger partial charge >= 0.3 is 0 Å². The largest absolute Gasteiger partial charge is 0.490 e. The summed E-state index contributed by atoms with van der Waals surface area (Å²) in [7, 11) is 0. The second kappa shape index (κ2) is 5.90. The fraction of sp³-hybridized carbons (Fsp3) is 0.571. The maximum atomic E-state index is 5.89. The van der Waals surface area contributed by atoms with Gasteiger partial charge in [-0.1, -0.05) is 24.6 Å². The first-order valence-corrected chi connectivity index (χ1v) is 6.04. The first kappa shape index (κ1) is 13.0. The SMILES string of the molecule is CCC(C)Oc1ccc(C)cc1CC(C)N. The second-order valence-corrected chi connectivity index (χ2v) is 4.63. The molecule has 1 aromatic carbocycles. The molecule has 2 N–H and O–H groups in total. The highest BCUT2D eigenvalue weighted by molar-refractivity contribution is 5.37. The van der Waals surface area contributed by atoms with Gasteiger partial charge in [-0.15, -0.1) is 0 Å². The lowest BCUT2D eigenvalue weighted by atomic mass is 10.0. The molecule has 0 fully saturated rings. The minimum absolute atomic E-state index is 0.168. The van der Waals surface area contributed by atoms with Crippen molar-refractivity contribution in [3.8, 4) is 5.75 Å². The van der Waals surface area contributed by atoms with E-state index in [1.165, 1.54) is 11.1 Å². The summed E-state index contributed by atoms with van der Waals surface area (Å²) in [6.07, 6.45) is 2.15. The third kappa shape index (κ3) is 3.86. The van der Waals surface area contributed by atoms with Gasteiger partial charge in [-0.05, 0) is 45.2 Å². The van der Waals surface area contributed by atoms with Crippen LogP contribution < -0.4 is 10.5 Å². The van der Waals surface area contributed by atoms with E-state index in [9.17, 15) is 0 Å². The van der Waals surface area contributed by atoms with Crippen LogP contribution in [0.15, 0.2) is 18.2 Å². The predicted octanol–water partition coefficient (Wildman–Crippen LogP) is 3.06. The van der Waals surface area contributed by atoms with Crippen molar-refractivity contribution in [2.24, 2.45) is 5.73 Å². The van der Waals surface area contributed by atoms with Crippen LogP contribution in [-0.2, 0) is 6.42 Å². The molecule has 0 saturated carbocycles. The van der Waals surface area contributed by atoms with Crippen molar-refractivity contribution >= 4 is 0 Å². The van der Waals surface area contributed by atoms with Crippen LogP contribution in [-0.4, -0.2) is 12.1 Å². The van der Waals surface area contributed by atoms with Crippen molar-refractivity contribution in [3.63, 3.8) is 0 Å². The van der Waals surface area contributed by atoms with Gasteiger partial charge in [0.25, 0.3) is 0 Å². The summed E-state index contributed by atoms with van der Waals surface area (Å²) in [5, 5.41) is 0. The summed E-state index contributed by atoms with van der Waals surface area (Å²) in [6, 6.07) is 6.48. The van der Waals surface area contributed by atoms with Crippen molar-refractivity contribution in [2.45, 2.75) is 52.7 Å². The third-order valence-corrected chi connectivity index (χ3v) is 2.66. The summed E-state index contributed by atoms with van der Waals surface area (Å²) >= 11 is 0. The smallest absolute Gasteiger partial charge is 0.122 e. The van der Waals surface area contributed by atoms with Crippen molar-refractivity contribution < 1.29 is 4.74 Å². The minimum atomic E-state index is 0.168. The van der Waals surface area contributed by atoms with E-state index in [1.807, 2.05) is 6.92 Å². The minimum Gasteiger partial charge on any atom is -0.490 e. The lowest BCUT2D eigenvalue weighted by Gasteiger charge is -2.17. The maximum absolute atomic E-state index is 5.89. The second-order valence-electron chi connectivity index (χ2n) is 4.63. The van der Waals surface area contributed by atoms with Crippen molar-refractivity contribution in [1.29, 1.82) is 0 Å². The van der Waals surface area contributed by atoms with Crippen LogP contribution >= 0.6 is 0 Å². The van der Waals surface area contributed by atoms with E-state index in [0.29, 0.717) is 0 Å². The van der Waals surface area contributed by atoms with Crippen LogP contribution in [0.5, 0.6) is 5.75 Å². The van der Waals surface area contributed by atoms with Crippen molar-refractivity contribution in [3.05, 3.63) is 29.3 Å². The zero-order chi connectivity index (χ0) is 12.1. The van der Waals surface area contributed by atoms with Gasteiger partial charge in [0.15, 0.2) is 0 Å². The molecule has 0 aliphatic carbocycles. The molecule has 2 unspecified atom stereocenters. The molecular weight excluding hydrogens is 198 g/mol. The fourth-order valence-corrected chi connectivity index (χ4v) is 1.63. The molecular formula is C14H23NO. The zero-order valence-corrected chi connectivity index (χ0v) is 10.8. The molecule has 2 heteroatoms. The Hall–Kier alpha value is -1.02. The van der Waals surface area contributed by atoms with Crippen LogP contribution in [0.4, 0.5) is 0 Å². The molecule has 0 heterocycles. The molecule has 0 radical (unpaired) electrons. The molecule has 90 valence electrons. The molecule has 0 amide bonds. The third-order valence-electron chi connectivity index (χ3n) is 2.66. The standard InChI is InChI=1S/C14H23NO/c1-5-12(4)16-14-7-6-10(2)8-13(14)9-11(3)15/h6-8,11-12H,5,9,15H2,1-4H3. The van der Waals surface area contributed by atoms with E-state index in [2.05, 4.69) is 39.0 Å². The Kier molecular flexibility index (Phi) is 4.81. The lowest BCUT2D eigenvalue weighted by molar-refractivity contribution is 0.215. The molecule has 1 rings (SSSR count). The van der Waals surface area contributed by atoms with Gasteiger partial charge in [0, 0.05) is 6.04 Å². The van der Waals surface area contributed by atoms with Crippen molar-refractivity contribution in [2.75, 3.05) is 0 Å². The van der Waals surface area contributed by atoms with Gasteiger partial charge < -0.3 is 10.5 Å². The molecule has 16 heavy (non-hydrogen) atoms. The summed E-state index contributed by atoms with van der Waals surface area (Å²) in [6.45, 7) is 8.34. The Balaban J connectivity index is 2.88. The predicted molar refractivity (Wildman–Crippen MR) is 68.9 cm³/mol. The Labute approximate surface area is 98.8 Å². The van der Waals surface area contributed by atoms with Gasteiger partial charge in [-0.25, -0.2) is 0 Å². The molecule has 2 nitrogen and oxygen atoms in total. The Morgan fingerprint density at radius 3 is 2.56 bits per heavy atom. The molecule has 0 aliphatic heterocycles. The van der Waals surface area contributed by atoms with Crippen molar-refractivity contribution in [1.82, 2.24) is 0 Å². The first-order valence-electron chi connectivity index (χ1n) is 6.04. The Morgan fingerprint density at radius 2 is 2.00 bits per heavy atom. The van der Waals surface area contributed by atoms with Gasteiger partial charge in [-0.2, -0.15) is 0 Å². The fourth-order valence-electron chi connectivity index (χ4n) is 1.63. The Bertz CT molecular complexity index is 334. The van der Waals surface area contributed by atoms with Gasteiger partial charge in [0.1, 0.15) is 5.75 Å². The van der Waals surface area contributed by atoms with Crippen LogP contribution in [0.25, 0.3) is 0 Å². The van der Waals surface area contributed by atoms with E-state index in [4.69, 9.17) is 10.5 Å². The van der Waals surface area contributed by atoms with E-state index >= 15 is 0 Å². The lowest BCUT2D eigenvalue weighted by Crippen LogP contribution is -2.19. The number of hydrogen-bond donors (Lipinski definition) is 1. The van der Waals surface area contributed by atoms with E-state index < -0.39 is 0 Å². The molecule has 1 aromatic rings. The summed E-state index contributed by atoms with van der Waals surface area (Å²) in [4.78, 5) is 0. The number of hydrogen-bond acceptors (Lipinski definition) is 2. The molecule has 2 atom stereocenters. The molecule has 0 aromatic heterocycles. The van der Waals surface area contributed by atoms with Gasteiger partial charge in [-0.3, -0.25) is 0 Å². The van der Waals surface area contributed by atoms with E-state index in [0.717, 1.165) is 18.6 Å². The van der Waals surface area contributed by atoms with Crippen LogP contribution in [0.2, 0.25) is 0 Å². The van der Waals surface area contributed by atoms with Crippen LogP contribution in [0.3, 0.4) is 0 Å². The molecule has 0 aliphatic rings. The van der Waals surface area contributed by atoms with E-state index in [-0.39, 0.29) is 12.1 Å². The highest BCUT2D eigenvalue weighted by Gasteiger charge is 2.09. The summed E-state index contributed by atoms with van der Waals surface area (Å²) in [5.74, 6) is 0.984. The van der Waals surface area contributed by atoms with Crippen LogP contribution in [0, 0.1) is 6.92 Å². The number of aryl methyl sites for hydroxylation is 1. The first-order chi connectivity index (χ1) is 7.52. The van der Waals surface area contributed by atoms with E-state index in [1.54, 1.807) is 0 Å². The topological polar surface area (TPSA) is 35.2 Å². The highest BCUT2D eigenvalue weighted by Crippen LogP contribution is 2.23. The molecule has 0 bridgehead atoms. The number of ether oxygens (including phenoxy) is 1. The number of nitrogens with two attached hydrogens (primary N) is 1. The maximum Gasteiger partial charge on any atom is 0.122 e. The normalized spacial score (nSPS) is 14.6. The number of rotatable bonds is 5. The highest BCUT2D eigenvalue weighted by atomic mass is 16.5. The van der Waals surface area contributed by atoms with Gasteiger partial charge in [0.05, 0.1) is 6.10 Å². The summed E-state index contributed by atoms with van der Waals surface area (Å²) < 4.78 is 5.89. The zero-order valence-electron chi connectivity index (χ0n) is 10.8. The number of benzene rings is 1. The average molecular weight is 221 g/mol. The molecule has 0 spiro atoms. The van der Waals surface area contributed by atoms with Crippen LogP contribution in [0.1, 0.15) is 38.3 Å². The molecule has 0 saturated heterocycles.